The topological polar surface area (TPSA) is 73.6 Å². The minimum absolute atomic E-state index is 0.0109. The first-order chi connectivity index (χ1) is 9.52. The lowest BCUT2D eigenvalue weighted by atomic mass is 10.1. The van der Waals surface area contributed by atoms with E-state index in [4.69, 9.17) is 15.2 Å². The van der Waals surface area contributed by atoms with E-state index in [2.05, 4.69) is 21.2 Å². The number of carbonyl (C=O) groups excluding carboxylic acids is 1. The Hall–Kier alpha value is -1.11. The summed E-state index contributed by atoms with van der Waals surface area (Å²) in [6.45, 7) is 2.91. The molecule has 1 rings (SSSR count). The van der Waals surface area contributed by atoms with Crippen molar-refractivity contribution in [3.8, 4) is 5.75 Å². The van der Waals surface area contributed by atoms with Crippen molar-refractivity contribution < 1.29 is 14.3 Å². The van der Waals surface area contributed by atoms with E-state index in [9.17, 15) is 4.79 Å². The predicted molar refractivity (Wildman–Crippen MR) is 81.9 cm³/mol. The highest BCUT2D eigenvalue weighted by Gasteiger charge is 2.07. The van der Waals surface area contributed by atoms with E-state index in [1.807, 2.05) is 25.1 Å². The van der Waals surface area contributed by atoms with Gasteiger partial charge < -0.3 is 20.5 Å². The minimum Gasteiger partial charge on any atom is -0.484 e. The Morgan fingerprint density at radius 1 is 1.50 bits per heavy atom. The maximum Gasteiger partial charge on any atom is 0.258 e. The first-order valence-corrected chi connectivity index (χ1v) is 7.24. The number of rotatable bonds is 8. The summed E-state index contributed by atoms with van der Waals surface area (Å²) in [5.41, 5.74) is 6.86. The first-order valence-electron chi connectivity index (χ1n) is 6.45. The molecule has 6 heteroatoms. The van der Waals surface area contributed by atoms with Gasteiger partial charge in [0.05, 0.1) is 6.61 Å². The van der Waals surface area contributed by atoms with Crippen LogP contribution in [0.4, 0.5) is 0 Å². The van der Waals surface area contributed by atoms with Crippen LogP contribution in [0.25, 0.3) is 0 Å². The summed E-state index contributed by atoms with van der Waals surface area (Å²) in [6.07, 6.45) is 0.748. The lowest BCUT2D eigenvalue weighted by Gasteiger charge is -2.11. The van der Waals surface area contributed by atoms with Crippen LogP contribution in [0.3, 0.4) is 0 Å². The van der Waals surface area contributed by atoms with Gasteiger partial charge in [0.1, 0.15) is 5.75 Å². The van der Waals surface area contributed by atoms with Crippen LogP contribution in [0.2, 0.25) is 0 Å². The average molecular weight is 345 g/mol. The molecule has 1 aromatic rings. The standard InChI is InChI=1S/C14H21BrN2O3/c1-10(16)7-11-8-12(3-4-13(11)15)20-9-14(18)17-5-6-19-2/h3-4,8,10H,5-7,9,16H2,1-2H3,(H,17,18). The molecule has 20 heavy (non-hydrogen) atoms. The van der Waals surface area contributed by atoms with Crippen LogP contribution in [0.5, 0.6) is 5.75 Å². The molecular formula is C14H21BrN2O3. The summed E-state index contributed by atoms with van der Waals surface area (Å²) in [7, 11) is 1.59. The van der Waals surface area contributed by atoms with Gasteiger partial charge in [0.25, 0.3) is 5.91 Å². The Bertz CT molecular complexity index is 438. The summed E-state index contributed by atoms with van der Waals surface area (Å²) in [5.74, 6) is 0.490. The SMILES string of the molecule is COCCNC(=O)COc1ccc(Br)c(CC(C)N)c1. The van der Waals surface area contributed by atoms with Crippen LogP contribution in [-0.2, 0) is 16.0 Å². The van der Waals surface area contributed by atoms with E-state index in [0.717, 1.165) is 16.5 Å². The van der Waals surface area contributed by atoms with E-state index in [-0.39, 0.29) is 18.6 Å². The van der Waals surface area contributed by atoms with E-state index >= 15 is 0 Å². The number of nitrogens with two attached hydrogens (primary N) is 1. The van der Waals surface area contributed by atoms with Gasteiger partial charge in [-0.05, 0) is 37.1 Å². The van der Waals surface area contributed by atoms with Crippen LogP contribution < -0.4 is 15.8 Å². The Kier molecular flexibility index (Phi) is 7.58. The van der Waals surface area contributed by atoms with Gasteiger partial charge in [0.15, 0.2) is 6.61 Å². The second kappa shape index (κ2) is 8.94. The van der Waals surface area contributed by atoms with Gasteiger partial charge in [0.2, 0.25) is 0 Å². The number of nitrogens with one attached hydrogen (secondary N) is 1. The van der Waals surface area contributed by atoms with Gasteiger partial charge in [-0.1, -0.05) is 15.9 Å². The van der Waals surface area contributed by atoms with Crippen LogP contribution in [-0.4, -0.2) is 38.8 Å². The van der Waals surface area contributed by atoms with Gasteiger partial charge in [0, 0.05) is 24.2 Å². The highest BCUT2D eigenvalue weighted by molar-refractivity contribution is 9.10. The molecule has 1 atom stereocenters. The Labute approximate surface area is 127 Å². The monoisotopic (exact) mass is 344 g/mol. The number of ether oxygens (including phenoxy) is 2. The number of amides is 1. The number of halogens is 1. The van der Waals surface area contributed by atoms with Crippen molar-refractivity contribution in [3.63, 3.8) is 0 Å². The fourth-order valence-corrected chi connectivity index (χ4v) is 2.05. The molecule has 0 aromatic heterocycles. The van der Waals surface area contributed by atoms with Crippen molar-refractivity contribution in [1.29, 1.82) is 0 Å². The Balaban J connectivity index is 2.49. The van der Waals surface area contributed by atoms with Crippen molar-refractivity contribution in [1.82, 2.24) is 5.32 Å². The minimum atomic E-state index is -0.168. The van der Waals surface area contributed by atoms with Crippen molar-refractivity contribution in [3.05, 3.63) is 28.2 Å². The second-order valence-corrected chi connectivity index (χ2v) is 5.42. The molecule has 0 bridgehead atoms. The van der Waals surface area contributed by atoms with Gasteiger partial charge in [-0.25, -0.2) is 0 Å². The zero-order chi connectivity index (χ0) is 15.0. The summed E-state index contributed by atoms with van der Waals surface area (Å²) in [4.78, 5) is 11.5. The van der Waals surface area contributed by atoms with Gasteiger partial charge in [-0.2, -0.15) is 0 Å². The first kappa shape index (κ1) is 16.9. The van der Waals surface area contributed by atoms with Crippen LogP contribution in [0, 0.1) is 0 Å². The summed E-state index contributed by atoms with van der Waals surface area (Å²) in [5, 5.41) is 2.69. The summed E-state index contributed by atoms with van der Waals surface area (Å²) in [6, 6.07) is 5.68. The molecule has 0 aliphatic carbocycles. The highest BCUT2D eigenvalue weighted by atomic mass is 79.9. The molecule has 0 heterocycles. The fourth-order valence-electron chi connectivity index (χ4n) is 1.64. The predicted octanol–water partition coefficient (Wildman–Crippen LogP) is 1.48. The Morgan fingerprint density at radius 2 is 2.25 bits per heavy atom. The van der Waals surface area contributed by atoms with Crippen molar-refractivity contribution in [2.45, 2.75) is 19.4 Å². The van der Waals surface area contributed by atoms with Crippen molar-refractivity contribution in [2.75, 3.05) is 26.9 Å². The third kappa shape index (κ3) is 6.36. The average Bonchev–Trinajstić information content (AvgIpc) is 2.39. The molecule has 5 nitrogen and oxygen atoms in total. The van der Waals surface area contributed by atoms with Crippen LogP contribution in [0.15, 0.2) is 22.7 Å². The Morgan fingerprint density at radius 3 is 2.90 bits per heavy atom. The molecule has 1 amide bonds. The number of hydrogen-bond acceptors (Lipinski definition) is 4. The van der Waals surface area contributed by atoms with Crippen LogP contribution >= 0.6 is 15.9 Å². The number of methoxy groups -OCH3 is 1. The normalized spacial score (nSPS) is 12.0. The van der Waals surface area contributed by atoms with Gasteiger partial charge in [-0.3, -0.25) is 4.79 Å². The molecule has 0 aliphatic heterocycles. The van der Waals surface area contributed by atoms with E-state index in [0.29, 0.717) is 18.9 Å². The van der Waals surface area contributed by atoms with Gasteiger partial charge >= 0.3 is 0 Å². The highest BCUT2D eigenvalue weighted by Crippen LogP contribution is 2.23. The molecule has 0 aliphatic rings. The largest absolute Gasteiger partial charge is 0.484 e. The maximum atomic E-state index is 11.5. The lowest BCUT2D eigenvalue weighted by Crippen LogP contribution is -2.31. The maximum absolute atomic E-state index is 11.5. The van der Waals surface area contributed by atoms with E-state index in [1.165, 1.54) is 0 Å². The van der Waals surface area contributed by atoms with Crippen molar-refractivity contribution in [2.24, 2.45) is 5.73 Å². The molecule has 1 aromatic carbocycles. The second-order valence-electron chi connectivity index (χ2n) is 4.57. The molecule has 0 spiro atoms. The number of carbonyl (C=O) groups is 1. The van der Waals surface area contributed by atoms with E-state index in [1.54, 1.807) is 7.11 Å². The summed E-state index contributed by atoms with van der Waals surface area (Å²) >= 11 is 3.48. The molecule has 0 fully saturated rings. The molecule has 0 saturated heterocycles. The van der Waals surface area contributed by atoms with E-state index < -0.39 is 0 Å². The molecule has 1 unspecified atom stereocenters. The molecule has 0 radical (unpaired) electrons. The zero-order valence-corrected chi connectivity index (χ0v) is 13.4. The quantitative estimate of drug-likeness (QED) is 0.700. The molecule has 0 saturated carbocycles. The molecule has 112 valence electrons. The lowest BCUT2D eigenvalue weighted by molar-refractivity contribution is -0.123. The molecular weight excluding hydrogens is 324 g/mol. The van der Waals surface area contributed by atoms with Gasteiger partial charge in [-0.15, -0.1) is 0 Å². The third-order valence-corrected chi connectivity index (χ3v) is 3.33. The third-order valence-electron chi connectivity index (χ3n) is 2.56. The smallest absolute Gasteiger partial charge is 0.258 e. The molecule has 3 N–H and O–H groups in total. The number of benzene rings is 1. The zero-order valence-electron chi connectivity index (χ0n) is 11.8. The number of hydrogen-bond donors (Lipinski definition) is 2. The fraction of sp³-hybridized carbons (Fsp3) is 0.500. The van der Waals surface area contributed by atoms with Crippen LogP contribution in [0.1, 0.15) is 12.5 Å². The summed E-state index contributed by atoms with van der Waals surface area (Å²) < 4.78 is 11.3. The van der Waals surface area contributed by atoms with Crippen molar-refractivity contribution >= 4 is 21.8 Å².